The van der Waals surface area contributed by atoms with Gasteiger partial charge in [0.2, 0.25) is 0 Å². The summed E-state index contributed by atoms with van der Waals surface area (Å²) in [4.78, 5) is 52.0. The van der Waals surface area contributed by atoms with Gasteiger partial charge < -0.3 is 28.9 Å². The minimum atomic E-state index is -3.82. The van der Waals surface area contributed by atoms with Gasteiger partial charge in [-0.05, 0) is 84.4 Å². The number of cyclic esters (lactones) is 1. The SMILES string of the molecule is CCOC(=O)C(S/C(=N/NC(=O)OC(C)(C)C)c1ccc(N2CC([C@H](N)C(=O)OC(C)(C)C)OC2=O)cc1F)c1ccc(OS(C)(=O)=O)cc1. The summed E-state index contributed by atoms with van der Waals surface area (Å²) in [6.07, 6.45) is -2.04. The van der Waals surface area contributed by atoms with Crippen LogP contribution in [0.3, 0.4) is 0 Å². The standard InChI is InChI=1S/C32H41FN4O11S2/c1-9-44-28(39)25(18-10-13-20(14-11-18)48-50(8,42)43)49-26(35-36-29(40)47-32(5,6)7)21-15-12-19(16-22(21)33)37-17-23(45-30(37)41)24(34)27(38)46-31(2,3)4/h10-16,23-25H,9,17,34H2,1-8H3,(H,36,40)/b35-26+/t23?,24-,25?/m0/s1. The molecule has 0 bridgehead atoms. The maximum Gasteiger partial charge on any atom is 0.428 e. The Morgan fingerprint density at radius 2 is 1.68 bits per heavy atom. The molecule has 0 aliphatic carbocycles. The van der Waals surface area contributed by atoms with Crippen LogP contribution in [0.1, 0.15) is 64.8 Å². The zero-order valence-corrected chi connectivity index (χ0v) is 30.5. The minimum Gasteiger partial charge on any atom is -0.465 e. The molecule has 3 atom stereocenters. The minimum absolute atomic E-state index is 0.00136. The van der Waals surface area contributed by atoms with Gasteiger partial charge in [-0.15, -0.1) is 0 Å². The van der Waals surface area contributed by atoms with Crippen LogP contribution in [0.5, 0.6) is 5.75 Å². The number of esters is 2. The Kier molecular flexibility index (Phi) is 12.9. The van der Waals surface area contributed by atoms with Gasteiger partial charge in [-0.3, -0.25) is 14.5 Å². The van der Waals surface area contributed by atoms with Crippen molar-refractivity contribution >= 4 is 56.7 Å². The van der Waals surface area contributed by atoms with Crippen molar-refractivity contribution in [2.24, 2.45) is 10.8 Å². The number of nitrogens with two attached hydrogens (primary N) is 1. The molecule has 2 aromatic carbocycles. The summed E-state index contributed by atoms with van der Waals surface area (Å²) < 4.78 is 65.0. The average molecular weight is 741 g/mol. The van der Waals surface area contributed by atoms with Crippen LogP contribution in [0.25, 0.3) is 0 Å². The van der Waals surface area contributed by atoms with E-state index < -0.39 is 68.7 Å². The van der Waals surface area contributed by atoms with Crippen molar-refractivity contribution in [3.63, 3.8) is 0 Å². The van der Waals surface area contributed by atoms with Gasteiger partial charge >= 0.3 is 34.2 Å². The second kappa shape index (κ2) is 16.1. The molecule has 0 aromatic heterocycles. The van der Waals surface area contributed by atoms with Gasteiger partial charge in [0.25, 0.3) is 0 Å². The van der Waals surface area contributed by atoms with Gasteiger partial charge in [0.1, 0.15) is 45.2 Å². The number of amides is 2. The number of halogens is 1. The summed E-state index contributed by atoms with van der Waals surface area (Å²) in [7, 11) is -3.82. The summed E-state index contributed by atoms with van der Waals surface area (Å²) in [5, 5.41) is 2.69. The quantitative estimate of drug-likeness (QED) is 0.0822. The number of hydrogen-bond donors (Lipinski definition) is 2. The Labute approximate surface area is 294 Å². The first-order valence-corrected chi connectivity index (χ1v) is 17.9. The largest absolute Gasteiger partial charge is 0.465 e. The fourth-order valence-corrected chi connectivity index (χ4v) is 5.78. The van der Waals surface area contributed by atoms with Gasteiger partial charge in [-0.2, -0.15) is 13.5 Å². The highest BCUT2D eigenvalue weighted by Crippen LogP contribution is 2.36. The van der Waals surface area contributed by atoms with E-state index in [4.69, 9.17) is 28.9 Å². The van der Waals surface area contributed by atoms with E-state index in [0.717, 1.165) is 29.0 Å². The van der Waals surface area contributed by atoms with Crippen molar-refractivity contribution in [2.45, 2.75) is 77.1 Å². The van der Waals surface area contributed by atoms with Crippen molar-refractivity contribution in [1.82, 2.24) is 5.43 Å². The number of hydrazone groups is 1. The predicted molar refractivity (Wildman–Crippen MR) is 183 cm³/mol. The highest BCUT2D eigenvalue weighted by Gasteiger charge is 2.41. The van der Waals surface area contributed by atoms with Crippen LogP contribution in [0.4, 0.5) is 19.7 Å². The third-order valence-electron chi connectivity index (χ3n) is 6.22. The highest BCUT2D eigenvalue weighted by atomic mass is 32.2. The molecule has 0 spiro atoms. The first-order chi connectivity index (χ1) is 23.1. The van der Waals surface area contributed by atoms with Crippen molar-refractivity contribution in [2.75, 3.05) is 24.3 Å². The lowest BCUT2D eigenvalue weighted by molar-refractivity contribution is -0.158. The molecule has 3 rings (SSSR count). The molecule has 1 aliphatic rings. The lowest BCUT2D eigenvalue weighted by Gasteiger charge is -2.24. The van der Waals surface area contributed by atoms with Gasteiger partial charge in [0, 0.05) is 5.56 Å². The molecule has 0 radical (unpaired) electrons. The highest BCUT2D eigenvalue weighted by molar-refractivity contribution is 8.15. The van der Waals surface area contributed by atoms with Gasteiger partial charge in [0.15, 0.2) is 0 Å². The van der Waals surface area contributed by atoms with E-state index >= 15 is 4.39 Å². The van der Waals surface area contributed by atoms with Crippen LogP contribution in [-0.4, -0.2) is 80.3 Å². The number of rotatable bonds is 11. The smallest absolute Gasteiger partial charge is 0.428 e. The average Bonchev–Trinajstić information content (AvgIpc) is 3.36. The Bertz CT molecular complexity index is 1720. The number of hydrogen-bond acceptors (Lipinski definition) is 14. The maximum absolute atomic E-state index is 16.0. The van der Waals surface area contributed by atoms with E-state index in [1.807, 2.05) is 0 Å². The number of carbonyl (C=O) groups is 4. The summed E-state index contributed by atoms with van der Waals surface area (Å²) in [5.74, 6) is -2.45. The molecule has 3 N–H and O–H groups in total. The Morgan fingerprint density at radius 3 is 2.22 bits per heavy atom. The number of thioether (sulfide) groups is 1. The molecule has 50 heavy (non-hydrogen) atoms. The number of ether oxygens (including phenoxy) is 4. The molecule has 1 aliphatic heterocycles. The number of nitrogens with zero attached hydrogens (tertiary/aromatic N) is 2. The van der Waals surface area contributed by atoms with Crippen LogP contribution < -0.4 is 20.2 Å². The summed E-state index contributed by atoms with van der Waals surface area (Å²) in [5.41, 5.74) is 6.68. The van der Waals surface area contributed by atoms with E-state index in [2.05, 4.69) is 10.5 Å². The molecule has 0 saturated carbocycles. The summed E-state index contributed by atoms with van der Waals surface area (Å²) in [6, 6.07) is 7.85. The molecule has 274 valence electrons. The number of nitrogens with one attached hydrogen (secondary N) is 1. The zero-order chi connectivity index (χ0) is 37.6. The molecular weight excluding hydrogens is 700 g/mol. The molecule has 1 fully saturated rings. The van der Waals surface area contributed by atoms with Crippen molar-refractivity contribution in [3.8, 4) is 5.75 Å². The molecule has 1 saturated heterocycles. The summed E-state index contributed by atoms with van der Waals surface area (Å²) >= 11 is 0.721. The first-order valence-electron chi connectivity index (χ1n) is 15.2. The van der Waals surface area contributed by atoms with Crippen LogP contribution in [-0.2, 0) is 38.7 Å². The van der Waals surface area contributed by atoms with Crippen LogP contribution in [0, 0.1) is 5.82 Å². The third-order valence-corrected chi connectivity index (χ3v) is 7.95. The topological polar surface area (TPSA) is 202 Å². The van der Waals surface area contributed by atoms with E-state index in [0.29, 0.717) is 5.56 Å². The monoisotopic (exact) mass is 740 g/mol. The van der Waals surface area contributed by atoms with Crippen molar-refractivity contribution in [3.05, 3.63) is 59.4 Å². The molecule has 15 nitrogen and oxygen atoms in total. The van der Waals surface area contributed by atoms with Crippen LogP contribution >= 0.6 is 11.8 Å². The number of carbonyl (C=O) groups excluding carboxylic acids is 4. The first kappa shape index (κ1) is 40.0. The molecular formula is C32H41FN4O11S2. The van der Waals surface area contributed by atoms with Gasteiger partial charge in [0.05, 0.1) is 25.1 Å². The fourth-order valence-electron chi connectivity index (χ4n) is 4.25. The molecule has 18 heteroatoms. The normalized spacial score (nSPS) is 16.6. The molecule has 2 unspecified atom stereocenters. The predicted octanol–water partition coefficient (Wildman–Crippen LogP) is 4.38. The molecule has 2 amide bonds. The Hall–Kier alpha value is -4.42. The second-order valence-electron chi connectivity index (χ2n) is 12.9. The fraction of sp³-hybridized carbons (Fsp3) is 0.469. The molecule has 1 heterocycles. The Balaban J connectivity index is 1.98. The summed E-state index contributed by atoms with van der Waals surface area (Å²) in [6.45, 7) is 11.3. The van der Waals surface area contributed by atoms with E-state index in [1.54, 1.807) is 48.5 Å². The lowest BCUT2D eigenvalue weighted by atomic mass is 10.1. The third kappa shape index (κ3) is 11.9. The van der Waals surface area contributed by atoms with Crippen molar-refractivity contribution in [1.29, 1.82) is 0 Å². The van der Waals surface area contributed by atoms with Gasteiger partial charge in [-0.1, -0.05) is 23.9 Å². The molecule has 2 aromatic rings. The number of benzene rings is 2. The maximum atomic E-state index is 16.0. The number of anilines is 1. The second-order valence-corrected chi connectivity index (χ2v) is 15.6. The van der Waals surface area contributed by atoms with E-state index in [1.165, 1.54) is 36.4 Å². The van der Waals surface area contributed by atoms with E-state index in [-0.39, 0.29) is 35.2 Å². The zero-order valence-electron chi connectivity index (χ0n) is 28.8. The van der Waals surface area contributed by atoms with Gasteiger partial charge in [-0.25, -0.2) is 19.4 Å². The van der Waals surface area contributed by atoms with Crippen molar-refractivity contribution < 1.29 is 55.1 Å². The van der Waals surface area contributed by atoms with E-state index in [9.17, 15) is 27.6 Å². The lowest BCUT2D eigenvalue weighted by Crippen LogP contribution is -2.47. The van der Waals surface area contributed by atoms with Crippen LogP contribution in [0.2, 0.25) is 0 Å². The Morgan fingerprint density at radius 1 is 1.06 bits per heavy atom. The van der Waals surface area contributed by atoms with Crippen LogP contribution in [0.15, 0.2) is 47.6 Å².